The van der Waals surface area contributed by atoms with Crippen LogP contribution in [0.4, 0.5) is 0 Å². The van der Waals surface area contributed by atoms with Gasteiger partial charge in [0, 0.05) is 0 Å². The molecule has 0 spiro atoms. The van der Waals surface area contributed by atoms with E-state index in [1.807, 2.05) is 0 Å². The van der Waals surface area contributed by atoms with Crippen molar-refractivity contribution in [3.8, 4) is 0 Å². The summed E-state index contributed by atoms with van der Waals surface area (Å²) in [6.45, 7) is 6.36. The van der Waals surface area contributed by atoms with Crippen molar-refractivity contribution in [2.75, 3.05) is 0 Å². The molecule has 1 saturated carbocycles. The molecule has 1 fully saturated rings. The van der Waals surface area contributed by atoms with Crippen LogP contribution in [0.3, 0.4) is 0 Å². The molecule has 1 rings (SSSR count). The predicted molar refractivity (Wildman–Crippen MR) is 57.2 cm³/mol. The Hall–Kier alpha value is -0.530. The van der Waals surface area contributed by atoms with E-state index in [0.29, 0.717) is 5.92 Å². The van der Waals surface area contributed by atoms with Gasteiger partial charge in [0.1, 0.15) is 0 Å². The van der Waals surface area contributed by atoms with Crippen molar-refractivity contribution in [2.45, 2.75) is 52.9 Å². The van der Waals surface area contributed by atoms with Gasteiger partial charge in [-0.1, -0.05) is 33.6 Å². The smallest absolute Gasteiger partial charge is 0.307 e. The van der Waals surface area contributed by atoms with E-state index in [1.165, 1.54) is 12.8 Å². The van der Waals surface area contributed by atoms with Crippen molar-refractivity contribution in [1.82, 2.24) is 0 Å². The lowest BCUT2D eigenvalue weighted by molar-refractivity contribution is -0.147. The molecule has 0 aliphatic heterocycles. The number of aliphatic carboxylic acids is 1. The molecule has 0 aromatic carbocycles. The van der Waals surface area contributed by atoms with Gasteiger partial charge < -0.3 is 5.11 Å². The molecule has 1 aliphatic carbocycles. The fourth-order valence-corrected chi connectivity index (χ4v) is 2.69. The van der Waals surface area contributed by atoms with Gasteiger partial charge >= 0.3 is 5.97 Å². The van der Waals surface area contributed by atoms with Crippen molar-refractivity contribution in [3.63, 3.8) is 0 Å². The Labute approximate surface area is 86.7 Å². The number of carboxylic acids is 1. The van der Waals surface area contributed by atoms with Crippen LogP contribution in [0, 0.1) is 17.3 Å². The minimum absolute atomic E-state index is 0.0656. The maximum atomic E-state index is 11.2. The summed E-state index contributed by atoms with van der Waals surface area (Å²) >= 11 is 0. The van der Waals surface area contributed by atoms with E-state index >= 15 is 0 Å². The predicted octanol–water partition coefficient (Wildman–Crippen LogP) is 3.31. The minimum Gasteiger partial charge on any atom is -0.481 e. The molecule has 0 radical (unpaired) electrons. The van der Waals surface area contributed by atoms with Crippen LogP contribution < -0.4 is 0 Å². The fourth-order valence-electron chi connectivity index (χ4n) is 2.69. The highest BCUT2D eigenvalue weighted by atomic mass is 16.4. The summed E-state index contributed by atoms with van der Waals surface area (Å²) < 4.78 is 0. The van der Waals surface area contributed by atoms with Gasteiger partial charge in [-0.15, -0.1) is 0 Å². The third-order valence-electron chi connectivity index (χ3n) is 3.59. The van der Waals surface area contributed by atoms with E-state index in [1.54, 1.807) is 0 Å². The van der Waals surface area contributed by atoms with E-state index in [2.05, 4.69) is 20.8 Å². The van der Waals surface area contributed by atoms with E-state index in [4.69, 9.17) is 0 Å². The second-order valence-corrected chi connectivity index (χ2v) is 5.38. The number of carbonyl (C=O) groups is 1. The first-order chi connectivity index (χ1) is 6.46. The monoisotopic (exact) mass is 198 g/mol. The van der Waals surface area contributed by atoms with Crippen molar-refractivity contribution in [3.05, 3.63) is 0 Å². The van der Waals surface area contributed by atoms with Crippen LogP contribution >= 0.6 is 0 Å². The molecule has 0 unspecified atom stereocenters. The average Bonchev–Trinajstić information content (AvgIpc) is 2.48. The summed E-state index contributed by atoms with van der Waals surface area (Å²) in [5.74, 6) is -0.248. The number of hydrogen-bond donors (Lipinski definition) is 1. The maximum absolute atomic E-state index is 11.2. The van der Waals surface area contributed by atoms with Gasteiger partial charge in [-0.05, 0) is 30.6 Å². The van der Waals surface area contributed by atoms with Crippen LogP contribution in [0.2, 0.25) is 0 Å². The van der Waals surface area contributed by atoms with Crippen LogP contribution in [0.25, 0.3) is 0 Å². The molecule has 0 aromatic rings. The van der Waals surface area contributed by atoms with Crippen molar-refractivity contribution >= 4 is 5.97 Å². The molecular weight excluding hydrogens is 176 g/mol. The van der Waals surface area contributed by atoms with Gasteiger partial charge in [-0.3, -0.25) is 4.79 Å². The van der Waals surface area contributed by atoms with Crippen LogP contribution in [0.15, 0.2) is 0 Å². The second kappa shape index (κ2) is 4.33. The van der Waals surface area contributed by atoms with Gasteiger partial charge in [-0.25, -0.2) is 0 Å². The Morgan fingerprint density at radius 3 is 2.21 bits per heavy atom. The molecule has 0 heterocycles. The van der Waals surface area contributed by atoms with E-state index in [-0.39, 0.29) is 11.3 Å². The fraction of sp³-hybridized carbons (Fsp3) is 0.917. The first-order valence-electron chi connectivity index (χ1n) is 5.68. The zero-order chi connectivity index (χ0) is 10.8. The van der Waals surface area contributed by atoms with Crippen LogP contribution in [0.1, 0.15) is 52.9 Å². The van der Waals surface area contributed by atoms with Crippen molar-refractivity contribution in [1.29, 1.82) is 0 Å². The zero-order valence-corrected chi connectivity index (χ0v) is 9.55. The first kappa shape index (κ1) is 11.5. The summed E-state index contributed by atoms with van der Waals surface area (Å²) in [7, 11) is 0. The molecule has 1 aliphatic rings. The van der Waals surface area contributed by atoms with Crippen molar-refractivity contribution < 1.29 is 9.90 Å². The molecule has 1 N–H and O–H groups in total. The second-order valence-electron chi connectivity index (χ2n) is 5.38. The minimum atomic E-state index is -0.594. The maximum Gasteiger partial charge on any atom is 0.307 e. The molecular formula is C12H22O2. The van der Waals surface area contributed by atoms with Crippen LogP contribution in [-0.4, -0.2) is 11.1 Å². The Morgan fingerprint density at radius 1 is 1.36 bits per heavy atom. The van der Waals surface area contributed by atoms with Gasteiger partial charge in [0.05, 0.1) is 5.92 Å². The van der Waals surface area contributed by atoms with E-state index in [0.717, 1.165) is 19.3 Å². The van der Waals surface area contributed by atoms with Gasteiger partial charge in [0.15, 0.2) is 0 Å². The molecule has 82 valence electrons. The summed E-state index contributed by atoms with van der Waals surface area (Å²) in [5.41, 5.74) is 0.0656. The highest BCUT2D eigenvalue weighted by molar-refractivity contribution is 5.71. The molecule has 2 nitrogen and oxygen atoms in total. The summed E-state index contributed by atoms with van der Waals surface area (Å²) in [5, 5.41) is 9.25. The number of carboxylic acid groups (broad SMARTS) is 1. The zero-order valence-electron chi connectivity index (χ0n) is 9.55. The largest absolute Gasteiger partial charge is 0.481 e. The lowest BCUT2D eigenvalue weighted by Crippen LogP contribution is -2.32. The quantitative estimate of drug-likeness (QED) is 0.752. The molecule has 1 atom stereocenters. The number of hydrogen-bond acceptors (Lipinski definition) is 1. The normalized spacial score (nSPS) is 22.6. The van der Waals surface area contributed by atoms with Crippen LogP contribution in [-0.2, 0) is 4.79 Å². The molecule has 0 bridgehead atoms. The Bertz CT molecular complexity index is 202. The third-order valence-corrected chi connectivity index (χ3v) is 3.59. The van der Waals surface area contributed by atoms with Crippen molar-refractivity contribution in [2.24, 2.45) is 17.3 Å². The Balaban J connectivity index is 2.70. The van der Waals surface area contributed by atoms with Gasteiger partial charge in [-0.2, -0.15) is 0 Å². The summed E-state index contributed by atoms with van der Waals surface area (Å²) in [6, 6.07) is 0. The van der Waals surface area contributed by atoms with Gasteiger partial charge in [0.25, 0.3) is 0 Å². The third kappa shape index (κ3) is 2.49. The Morgan fingerprint density at radius 2 is 1.86 bits per heavy atom. The molecule has 0 amide bonds. The highest BCUT2D eigenvalue weighted by Crippen LogP contribution is 2.46. The molecule has 14 heavy (non-hydrogen) atoms. The molecule has 2 heteroatoms. The summed E-state index contributed by atoms with van der Waals surface area (Å²) in [4.78, 5) is 11.2. The lowest BCUT2D eigenvalue weighted by atomic mass is 9.72. The topological polar surface area (TPSA) is 37.3 Å². The molecule has 0 aromatic heterocycles. The standard InChI is InChI=1S/C12H22O2/c1-9(2)8-10(11(13)14)12(3)6-4-5-7-12/h9-10H,4-8H2,1-3H3,(H,13,14)/t10-/m0/s1. The summed E-state index contributed by atoms with van der Waals surface area (Å²) in [6.07, 6.45) is 5.43. The van der Waals surface area contributed by atoms with E-state index < -0.39 is 5.97 Å². The first-order valence-corrected chi connectivity index (χ1v) is 5.68. The Kier molecular flexibility index (Phi) is 3.57. The highest BCUT2D eigenvalue weighted by Gasteiger charge is 2.41. The van der Waals surface area contributed by atoms with Gasteiger partial charge in [0.2, 0.25) is 0 Å². The lowest BCUT2D eigenvalue weighted by Gasteiger charge is -2.32. The average molecular weight is 198 g/mol. The SMILES string of the molecule is CC(C)C[C@@H](C(=O)O)C1(C)CCCC1. The van der Waals surface area contributed by atoms with Crippen LogP contribution in [0.5, 0.6) is 0 Å². The van der Waals surface area contributed by atoms with E-state index in [9.17, 15) is 9.90 Å². The number of rotatable bonds is 4. The molecule has 0 saturated heterocycles.